The molecular weight excluding hydrogens is 443 g/mol. The highest BCUT2D eigenvalue weighted by Crippen LogP contribution is 2.38. The van der Waals surface area contributed by atoms with Crippen LogP contribution in [0.25, 0.3) is 10.9 Å². The maximum absolute atomic E-state index is 14.2. The lowest BCUT2D eigenvalue weighted by Crippen LogP contribution is -2.09. The van der Waals surface area contributed by atoms with Crippen LogP contribution in [0, 0.1) is 18.6 Å². The summed E-state index contributed by atoms with van der Waals surface area (Å²) in [6.45, 7) is 2.07. The number of anilines is 1. The van der Waals surface area contributed by atoms with Crippen molar-refractivity contribution in [1.82, 2.24) is 15.0 Å². The molecule has 2 aromatic carbocycles. The van der Waals surface area contributed by atoms with Crippen LogP contribution in [0.2, 0.25) is 0 Å². The van der Waals surface area contributed by atoms with Gasteiger partial charge in [0.2, 0.25) is 0 Å². The average Bonchev–Trinajstić information content (AvgIpc) is 2.78. The lowest BCUT2D eigenvalue weighted by atomic mass is 10.1. The van der Waals surface area contributed by atoms with E-state index in [0.29, 0.717) is 18.5 Å². The second kappa shape index (κ2) is 8.97. The number of benzene rings is 2. The van der Waals surface area contributed by atoms with E-state index in [0.717, 1.165) is 36.3 Å². The summed E-state index contributed by atoms with van der Waals surface area (Å²) in [4.78, 5) is 11.3. The molecule has 0 atom stereocenters. The SMILES string of the molecule is Cc1cc(CCNc2ncnc3c(F)ccc(F)c23)ccc1Oc1ccncc1C(F)(F)F. The van der Waals surface area contributed by atoms with Crippen LogP contribution in [0.1, 0.15) is 16.7 Å². The van der Waals surface area contributed by atoms with Crippen molar-refractivity contribution in [1.29, 1.82) is 0 Å². The fraction of sp³-hybridized carbons (Fsp3) is 0.174. The van der Waals surface area contributed by atoms with E-state index in [1.165, 1.54) is 6.20 Å². The molecule has 0 saturated carbocycles. The fourth-order valence-corrected chi connectivity index (χ4v) is 3.34. The molecule has 0 aliphatic rings. The van der Waals surface area contributed by atoms with E-state index < -0.39 is 23.4 Å². The molecule has 0 radical (unpaired) electrons. The van der Waals surface area contributed by atoms with Crippen LogP contribution in [0.4, 0.5) is 27.8 Å². The molecule has 4 rings (SSSR count). The molecule has 0 spiro atoms. The predicted molar refractivity (Wildman–Crippen MR) is 112 cm³/mol. The Kier molecular flexibility index (Phi) is 6.08. The highest BCUT2D eigenvalue weighted by molar-refractivity contribution is 5.89. The van der Waals surface area contributed by atoms with Crippen molar-refractivity contribution in [2.45, 2.75) is 19.5 Å². The molecule has 0 aliphatic heterocycles. The topological polar surface area (TPSA) is 59.9 Å². The Labute approximate surface area is 185 Å². The molecule has 10 heteroatoms. The zero-order valence-corrected chi connectivity index (χ0v) is 17.3. The Balaban J connectivity index is 1.46. The number of alkyl halides is 3. The molecule has 0 unspecified atom stereocenters. The van der Waals surface area contributed by atoms with Gasteiger partial charge >= 0.3 is 6.18 Å². The number of ether oxygens (including phenoxy) is 1. The average molecular weight is 460 g/mol. The molecule has 4 aromatic rings. The first kappa shape index (κ1) is 22.4. The molecule has 0 amide bonds. The molecule has 0 bridgehead atoms. The Bertz CT molecular complexity index is 1310. The number of pyridine rings is 1. The van der Waals surface area contributed by atoms with Gasteiger partial charge < -0.3 is 10.1 Å². The third-order valence-corrected chi connectivity index (χ3v) is 4.94. The second-order valence-electron chi connectivity index (χ2n) is 7.22. The number of halogens is 5. The number of hydrogen-bond acceptors (Lipinski definition) is 5. The summed E-state index contributed by atoms with van der Waals surface area (Å²) < 4.78 is 73.1. The Hall–Kier alpha value is -3.82. The van der Waals surface area contributed by atoms with E-state index in [4.69, 9.17) is 4.74 Å². The Morgan fingerprint density at radius 3 is 2.52 bits per heavy atom. The maximum Gasteiger partial charge on any atom is 0.421 e. The van der Waals surface area contributed by atoms with Gasteiger partial charge in [0, 0.05) is 18.9 Å². The van der Waals surface area contributed by atoms with Crippen LogP contribution >= 0.6 is 0 Å². The van der Waals surface area contributed by atoms with Crippen LogP contribution in [0.5, 0.6) is 11.5 Å². The molecule has 0 aliphatic carbocycles. The van der Waals surface area contributed by atoms with Gasteiger partial charge in [0.15, 0.2) is 0 Å². The first-order valence-electron chi connectivity index (χ1n) is 9.85. The van der Waals surface area contributed by atoms with E-state index in [-0.39, 0.29) is 28.2 Å². The largest absolute Gasteiger partial charge is 0.456 e. The molecule has 5 nitrogen and oxygen atoms in total. The van der Waals surface area contributed by atoms with Crippen molar-refractivity contribution in [3.8, 4) is 11.5 Å². The van der Waals surface area contributed by atoms with Gasteiger partial charge in [-0.3, -0.25) is 4.98 Å². The normalized spacial score (nSPS) is 11.6. The minimum atomic E-state index is -4.59. The number of fused-ring (bicyclic) bond motifs is 1. The van der Waals surface area contributed by atoms with E-state index in [2.05, 4.69) is 20.3 Å². The van der Waals surface area contributed by atoms with Gasteiger partial charge in [-0.25, -0.2) is 18.7 Å². The number of rotatable bonds is 6. The zero-order chi connectivity index (χ0) is 23.6. The summed E-state index contributed by atoms with van der Waals surface area (Å²) in [5.41, 5.74) is 0.429. The first-order chi connectivity index (χ1) is 15.7. The standard InChI is InChI=1S/C23H17F5N4O/c1-13-10-14(2-5-18(13)33-19-7-8-29-11-15(19)23(26,27)28)6-9-30-22-20-16(24)3-4-17(25)21(20)31-12-32-22/h2-5,7-8,10-12H,6,9H2,1H3,(H,30,31,32). The monoisotopic (exact) mass is 460 g/mol. The summed E-state index contributed by atoms with van der Waals surface area (Å²) in [5, 5.41) is 2.95. The summed E-state index contributed by atoms with van der Waals surface area (Å²) in [5.74, 6) is -1.17. The van der Waals surface area contributed by atoms with Crippen molar-refractivity contribution in [2.75, 3.05) is 11.9 Å². The van der Waals surface area contributed by atoms with E-state index in [1.807, 2.05) is 0 Å². The van der Waals surface area contributed by atoms with Crippen LogP contribution in [0.15, 0.2) is 55.1 Å². The van der Waals surface area contributed by atoms with Crippen molar-refractivity contribution < 1.29 is 26.7 Å². The summed E-state index contributed by atoms with van der Waals surface area (Å²) in [6.07, 6.45) is -0.997. The minimum Gasteiger partial charge on any atom is -0.456 e. The van der Waals surface area contributed by atoms with Crippen molar-refractivity contribution in [3.05, 3.63) is 83.4 Å². The molecule has 2 heterocycles. The molecular formula is C23H17F5N4O. The van der Waals surface area contributed by atoms with Gasteiger partial charge in [0.05, 0.1) is 5.39 Å². The minimum absolute atomic E-state index is 0.0322. The molecule has 2 aromatic heterocycles. The van der Waals surface area contributed by atoms with Gasteiger partial charge in [0.1, 0.15) is 46.4 Å². The zero-order valence-electron chi connectivity index (χ0n) is 17.3. The first-order valence-corrected chi connectivity index (χ1v) is 9.85. The van der Waals surface area contributed by atoms with Crippen LogP contribution < -0.4 is 10.1 Å². The highest BCUT2D eigenvalue weighted by atomic mass is 19.4. The van der Waals surface area contributed by atoms with Gasteiger partial charge in [0.25, 0.3) is 0 Å². The second-order valence-corrected chi connectivity index (χ2v) is 7.22. The predicted octanol–water partition coefficient (Wildman–Crippen LogP) is 6.08. The Morgan fingerprint density at radius 2 is 1.76 bits per heavy atom. The number of nitrogens with zero attached hydrogens (tertiary/aromatic N) is 3. The smallest absolute Gasteiger partial charge is 0.421 e. The van der Waals surface area contributed by atoms with Crippen LogP contribution in [-0.2, 0) is 12.6 Å². The molecule has 0 fully saturated rings. The number of nitrogens with one attached hydrogen (secondary N) is 1. The van der Waals surface area contributed by atoms with Crippen LogP contribution in [0.3, 0.4) is 0 Å². The third-order valence-electron chi connectivity index (χ3n) is 4.94. The number of hydrogen-bond donors (Lipinski definition) is 1. The van der Waals surface area contributed by atoms with Gasteiger partial charge in [-0.2, -0.15) is 13.2 Å². The van der Waals surface area contributed by atoms with E-state index >= 15 is 0 Å². The van der Waals surface area contributed by atoms with Crippen molar-refractivity contribution >= 4 is 16.7 Å². The van der Waals surface area contributed by atoms with E-state index in [1.54, 1.807) is 25.1 Å². The van der Waals surface area contributed by atoms with Crippen molar-refractivity contribution in [3.63, 3.8) is 0 Å². The summed E-state index contributed by atoms with van der Waals surface area (Å²) in [6, 6.07) is 8.26. The Morgan fingerprint density at radius 1 is 0.970 bits per heavy atom. The van der Waals surface area contributed by atoms with Gasteiger partial charge in [-0.05, 0) is 48.7 Å². The summed E-state index contributed by atoms with van der Waals surface area (Å²) >= 11 is 0. The molecule has 170 valence electrons. The lowest BCUT2D eigenvalue weighted by molar-refractivity contribution is -0.138. The van der Waals surface area contributed by atoms with Gasteiger partial charge in [-0.15, -0.1) is 0 Å². The lowest BCUT2D eigenvalue weighted by Gasteiger charge is -2.15. The molecule has 33 heavy (non-hydrogen) atoms. The fourth-order valence-electron chi connectivity index (χ4n) is 3.34. The van der Waals surface area contributed by atoms with Crippen LogP contribution in [-0.4, -0.2) is 21.5 Å². The quantitative estimate of drug-likeness (QED) is 0.354. The summed E-state index contributed by atoms with van der Waals surface area (Å²) in [7, 11) is 0. The maximum atomic E-state index is 14.2. The number of aryl methyl sites for hydroxylation is 1. The molecule has 1 N–H and O–H groups in total. The molecule has 0 saturated heterocycles. The number of aromatic nitrogens is 3. The van der Waals surface area contributed by atoms with Crippen molar-refractivity contribution in [2.24, 2.45) is 0 Å². The third kappa shape index (κ3) is 4.84. The highest BCUT2D eigenvalue weighted by Gasteiger charge is 2.35. The van der Waals surface area contributed by atoms with E-state index in [9.17, 15) is 22.0 Å². The van der Waals surface area contributed by atoms with Gasteiger partial charge in [-0.1, -0.05) is 12.1 Å².